The van der Waals surface area contributed by atoms with Gasteiger partial charge in [0.15, 0.2) is 0 Å². The first-order chi connectivity index (χ1) is 8.17. The Morgan fingerprint density at radius 3 is 3.00 bits per heavy atom. The van der Waals surface area contributed by atoms with Crippen LogP contribution in [0.1, 0.15) is 24.3 Å². The fourth-order valence-electron chi connectivity index (χ4n) is 1.40. The lowest BCUT2D eigenvalue weighted by molar-refractivity contribution is 0.0855. The number of carbonyl (C=O) groups is 1. The molecule has 0 aliphatic rings. The van der Waals surface area contributed by atoms with Gasteiger partial charge in [-0.05, 0) is 26.0 Å². The van der Waals surface area contributed by atoms with Crippen LogP contribution < -0.4 is 10.6 Å². The highest BCUT2D eigenvalue weighted by atomic mass is 16.5. The topological polar surface area (TPSA) is 63.2 Å². The molecule has 0 bridgehead atoms. The van der Waals surface area contributed by atoms with Gasteiger partial charge >= 0.3 is 0 Å². The van der Waals surface area contributed by atoms with E-state index in [-0.39, 0.29) is 12.0 Å². The summed E-state index contributed by atoms with van der Waals surface area (Å²) in [7, 11) is 1.58. The van der Waals surface area contributed by atoms with Crippen LogP contribution in [0.15, 0.2) is 18.3 Å². The van der Waals surface area contributed by atoms with Crippen LogP contribution in [0.4, 0.5) is 5.69 Å². The molecule has 1 rings (SSSR count). The molecule has 1 atom stereocenters. The third-order valence-corrected chi connectivity index (χ3v) is 2.26. The van der Waals surface area contributed by atoms with Crippen molar-refractivity contribution in [1.82, 2.24) is 10.3 Å². The molecule has 5 heteroatoms. The van der Waals surface area contributed by atoms with Gasteiger partial charge in [-0.1, -0.05) is 0 Å². The van der Waals surface area contributed by atoms with Crippen molar-refractivity contribution in [3.8, 4) is 0 Å². The van der Waals surface area contributed by atoms with Gasteiger partial charge in [0, 0.05) is 32.1 Å². The standard InChI is InChI=1S/C12H19N3O2/c1-4-17-9(2)8-15-10-5-6-14-11(7-10)12(16)13-3/h5-7,9H,4,8H2,1-3H3,(H,13,16)(H,14,15). The second-order valence-corrected chi connectivity index (χ2v) is 3.66. The largest absolute Gasteiger partial charge is 0.382 e. The Balaban J connectivity index is 2.57. The predicted molar refractivity (Wildman–Crippen MR) is 67.2 cm³/mol. The SMILES string of the molecule is CCOC(C)CNc1ccnc(C(=O)NC)c1. The van der Waals surface area contributed by atoms with E-state index < -0.39 is 0 Å². The van der Waals surface area contributed by atoms with Gasteiger partial charge in [0.05, 0.1) is 6.10 Å². The van der Waals surface area contributed by atoms with E-state index in [0.717, 1.165) is 5.69 Å². The summed E-state index contributed by atoms with van der Waals surface area (Å²) in [6, 6.07) is 3.54. The first-order valence-electron chi connectivity index (χ1n) is 5.71. The number of hydrogen-bond acceptors (Lipinski definition) is 4. The van der Waals surface area contributed by atoms with E-state index in [1.807, 2.05) is 19.9 Å². The number of aromatic nitrogens is 1. The molecule has 1 unspecified atom stereocenters. The summed E-state index contributed by atoms with van der Waals surface area (Å²) in [5, 5.41) is 5.74. The molecular weight excluding hydrogens is 218 g/mol. The van der Waals surface area contributed by atoms with Crippen LogP contribution in [0.2, 0.25) is 0 Å². The van der Waals surface area contributed by atoms with E-state index in [1.165, 1.54) is 0 Å². The van der Waals surface area contributed by atoms with Crippen LogP contribution in [0.5, 0.6) is 0 Å². The number of amides is 1. The molecule has 0 fully saturated rings. The molecule has 0 saturated heterocycles. The van der Waals surface area contributed by atoms with Crippen molar-refractivity contribution < 1.29 is 9.53 Å². The highest BCUT2D eigenvalue weighted by molar-refractivity contribution is 5.92. The summed E-state index contributed by atoms with van der Waals surface area (Å²) >= 11 is 0. The zero-order chi connectivity index (χ0) is 12.7. The average molecular weight is 237 g/mol. The van der Waals surface area contributed by atoms with Gasteiger partial charge in [0.2, 0.25) is 0 Å². The molecular formula is C12H19N3O2. The average Bonchev–Trinajstić information content (AvgIpc) is 2.36. The molecule has 1 heterocycles. The van der Waals surface area contributed by atoms with Crippen LogP contribution in [0, 0.1) is 0 Å². The van der Waals surface area contributed by atoms with Crippen molar-refractivity contribution in [2.24, 2.45) is 0 Å². The summed E-state index contributed by atoms with van der Waals surface area (Å²) in [6.45, 7) is 5.36. The number of nitrogens with one attached hydrogen (secondary N) is 2. The third kappa shape index (κ3) is 4.40. The maximum Gasteiger partial charge on any atom is 0.269 e. The van der Waals surface area contributed by atoms with E-state index in [1.54, 1.807) is 19.3 Å². The molecule has 1 aromatic heterocycles. The molecule has 0 radical (unpaired) electrons. The number of ether oxygens (including phenoxy) is 1. The fraction of sp³-hybridized carbons (Fsp3) is 0.500. The van der Waals surface area contributed by atoms with Crippen molar-refractivity contribution >= 4 is 11.6 Å². The lowest BCUT2D eigenvalue weighted by atomic mass is 10.3. The first kappa shape index (κ1) is 13.4. The Bertz CT molecular complexity index is 369. The van der Waals surface area contributed by atoms with Crippen LogP contribution in [-0.4, -0.2) is 37.2 Å². The third-order valence-electron chi connectivity index (χ3n) is 2.26. The maximum absolute atomic E-state index is 11.4. The summed E-state index contributed by atoms with van der Waals surface area (Å²) in [6.07, 6.45) is 1.75. The lowest BCUT2D eigenvalue weighted by Crippen LogP contribution is -2.21. The van der Waals surface area contributed by atoms with Gasteiger partial charge in [-0.15, -0.1) is 0 Å². The van der Waals surface area contributed by atoms with Gasteiger partial charge in [0.1, 0.15) is 5.69 Å². The Morgan fingerprint density at radius 2 is 2.35 bits per heavy atom. The van der Waals surface area contributed by atoms with Crippen molar-refractivity contribution in [2.45, 2.75) is 20.0 Å². The van der Waals surface area contributed by atoms with Crippen molar-refractivity contribution in [3.05, 3.63) is 24.0 Å². The van der Waals surface area contributed by atoms with Gasteiger partial charge in [0.25, 0.3) is 5.91 Å². The molecule has 0 spiro atoms. The second kappa shape index (κ2) is 6.85. The molecule has 5 nitrogen and oxygen atoms in total. The first-order valence-corrected chi connectivity index (χ1v) is 5.71. The van der Waals surface area contributed by atoms with Crippen LogP contribution >= 0.6 is 0 Å². The molecule has 0 aliphatic carbocycles. The molecule has 0 saturated carbocycles. The van der Waals surface area contributed by atoms with Crippen molar-refractivity contribution in [1.29, 1.82) is 0 Å². The maximum atomic E-state index is 11.4. The fourth-order valence-corrected chi connectivity index (χ4v) is 1.40. The zero-order valence-corrected chi connectivity index (χ0v) is 10.5. The summed E-state index contributed by atoms with van der Waals surface area (Å²) in [4.78, 5) is 15.4. The minimum Gasteiger partial charge on any atom is -0.382 e. The minimum absolute atomic E-state index is 0.136. The number of pyridine rings is 1. The number of rotatable bonds is 6. The van der Waals surface area contributed by atoms with E-state index in [9.17, 15) is 4.79 Å². The monoisotopic (exact) mass is 237 g/mol. The molecule has 0 aromatic carbocycles. The van der Waals surface area contributed by atoms with Crippen molar-refractivity contribution in [2.75, 3.05) is 25.5 Å². The highest BCUT2D eigenvalue weighted by Crippen LogP contribution is 2.08. The van der Waals surface area contributed by atoms with E-state index >= 15 is 0 Å². The molecule has 1 aromatic rings. The quantitative estimate of drug-likeness (QED) is 0.782. The van der Waals surface area contributed by atoms with Crippen LogP contribution in [0.3, 0.4) is 0 Å². The van der Waals surface area contributed by atoms with Crippen LogP contribution in [-0.2, 0) is 4.74 Å². The molecule has 17 heavy (non-hydrogen) atoms. The summed E-state index contributed by atoms with van der Waals surface area (Å²) in [5.74, 6) is -0.188. The Morgan fingerprint density at radius 1 is 1.59 bits per heavy atom. The highest BCUT2D eigenvalue weighted by Gasteiger charge is 2.06. The van der Waals surface area contributed by atoms with Gasteiger partial charge in [-0.3, -0.25) is 9.78 Å². The zero-order valence-electron chi connectivity index (χ0n) is 10.5. The minimum atomic E-state index is -0.188. The smallest absolute Gasteiger partial charge is 0.269 e. The molecule has 94 valence electrons. The Hall–Kier alpha value is -1.62. The number of carbonyl (C=O) groups excluding carboxylic acids is 1. The van der Waals surface area contributed by atoms with E-state index in [2.05, 4.69) is 15.6 Å². The Labute approximate surface area is 102 Å². The molecule has 1 amide bonds. The normalized spacial score (nSPS) is 11.9. The summed E-state index contributed by atoms with van der Waals surface area (Å²) < 4.78 is 5.41. The van der Waals surface area contributed by atoms with Crippen LogP contribution in [0.25, 0.3) is 0 Å². The Kier molecular flexibility index (Phi) is 5.42. The van der Waals surface area contributed by atoms with Gasteiger partial charge in [-0.2, -0.15) is 0 Å². The molecule has 2 N–H and O–H groups in total. The number of anilines is 1. The predicted octanol–water partition coefficient (Wildman–Crippen LogP) is 1.28. The van der Waals surface area contributed by atoms with E-state index in [4.69, 9.17) is 4.74 Å². The summed E-state index contributed by atoms with van der Waals surface area (Å²) in [5.41, 5.74) is 1.27. The van der Waals surface area contributed by atoms with Gasteiger partial charge < -0.3 is 15.4 Å². The number of nitrogens with zero attached hydrogens (tertiary/aromatic N) is 1. The van der Waals surface area contributed by atoms with Crippen molar-refractivity contribution in [3.63, 3.8) is 0 Å². The van der Waals surface area contributed by atoms with Gasteiger partial charge in [-0.25, -0.2) is 0 Å². The number of hydrogen-bond donors (Lipinski definition) is 2. The van der Waals surface area contributed by atoms with E-state index in [0.29, 0.717) is 18.8 Å². The lowest BCUT2D eigenvalue weighted by Gasteiger charge is -2.13. The second-order valence-electron chi connectivity index (χ2n) is 3.66. The molecule has 0 aliphatic heterocycles.